The molecule has 0 spiro atoms. The standard InChI is InChI=1S/C16H21N9O3/c1-11-4-6-23(7-5-11)13-3-2-12(8-14(13)25(27)28)9-18-19-15(26)10-24-16(17)20-21-22-24/h2-3,8-9,11H,4-7,10H2,1H3,(H,19,26)(H2,17,20,22)/b18-9-. The van der Waals surface area contributed by atoms with Crippen molar-refractivity contribution in [3.63, 3.8) is 0 Å². The van der Waals surface area contributed by atoms with Crippen molar-refractivity contribution in [2.24, 2.45) is 11.0 Å². The SMILES string of the molecule is CC1CCN(c2ccc(/C=N\NC(=O)Cn3nnnc3N)cc2[N+](=O)[O-])CC1. The maximum Gasteiger partial charge on any atom is 0.293 e. The van der Waals surface area contributed by atoms with Crippen LogP contribution in [0, 0.1) is 16.0 Å². The van der Waals surface area contributed by atoms with Crippen LogP contribution in [0.1, 0.15) is 25.3 Å². The predicted molar refractivity (Wildman–Crippen MR) is 102 cm³/mol. The first-order valence-corrected chi connectivity index (χ1v) is 8.81. The highest BCUT2D eigenvalue weighted by molar-refractivity contribution is 5.85. The van der Waals surface area contributed by atoms with Crippen LogP contribution in [-0.2, 0) is 11.3 Å². The zero-order valence-corrected chi connectivity index (χ0v) is 15.4. The normalized spacial score (nSPS) is 15.1. The van der Waals surface area contributed by atoms with Gasteiger partial charge in [-0.3, -0.25) is 14.9 Å². The zero-order chi connectivity index (χ0) is 20.1. The van der Waals surface area contributed by atoms with Gasteiger partial charge in [0.05, 0.1) is 11.1 Å². The quantitative estimate of drug-likeness (QED) is 0.413. The molecule has 0 radical (unpaired) electrons. The number of nitrogen functional groups attached to an aromatic ring is 1. The third-order valence-electron chi connectivity index (χ3n) is 4.58. The second-order valence-electron chi connectivity index (χ2n) is 6.66. The summed E-state index contributed by atoms with van der Waals surface area (Å²) in [5.74, 6) is 0.162. The lowest BCUT2D eigenvalue weighted by Crippen LogP contribution is -2.33. The van der Waals surface area contributed by atoms with Crippen LogP contribution in [0.3, 0.4) is 0 Å². The van der Waals surface area contributed by atoms with Crippen molar-refractivity contribution in [3.05, 3.63) is 33.9 Å². The van der Waals surface area contributed by atoms with Gasteiger partial charge in [0, 0.05) is 24.7 Å². The fourth-order valence-electron chi connectivity index (χ4n) is 2.96. The first-order chi connectivity index (χ1) is 13.4. The Bertz CT molecular complexity index is 887. The molecule has 148 valence electrons. The Balaban J connectivity index is 1.66. The summed E-state index contributed by atoms with van der Waals surface area (Å²) in [4.78, 5) is 24.9. The molecule has 1 aliphatic heterocycles. The van der Waals surface area contributed by atoms with Gasteiger partial charge in [0.1, 0.15) is 12.2 Å². The van der Waals surface area contributed by atoms with Gasteiger partial charge in [-0.2, -0.15) is 5.10 Å². The van der Waals surface area contributed by atoms with Gasteiger partial charge in [-0.25, -0.2) is 10.1 Å². The Labute approximate surface area is 160 Å². The van der Waals surface area contributed by atoms with E-state index in [1.807, 2.05) is 4.90 Å². The van der Waals surface area contributed by atoms with Crippen molar-refractivity contribution in [1.82, 2.24) is 25.6 Å². The second kappa shape index (κ2) is 8.41. The number of benzene rings is 1. The summed E-state index contributed by atoms with van der Waals surface area (Å²) >= 11 is 0. The minimum Gasteiger partial charge on any atom is -0.367 e. The predicted octanol–water partition coefficient (Wildman–Crippen LogP) is 0.550. The average Bonchev–Trinajstić information content (AvgIpc) is 3.07. The van der Waals surface area contributed by atoms with Crippen molar-refractivity contribution < 1.29 is 9.72 Å². The molecule has 1 saturated heterocycles. The van der Waals surface area contributed by atoms with Crippen LogP contribution in [0.2, 0.25) is 0 Å². The highest BCUT2D eigenvalue weighted by atomic mass is 16.6. The average molecular weight is 387 g/mol. The Morgan fingerprint density at radius 3 is 2.86 bits per heavy atom. The first-order valence-electron chi connectivity index (χ1n) is 8.81. The summed E-state index contributed by atoms with van der Waals surface area (Å²) in [6.07, 6.45) is 3.37. The highest BCUT2D eigenvalue weighted by Gasteiger charge is 2.23. The Morgan fingerprint density at radius 1 is 1.46 bits per heavy atom. The topological polar surface area (TPSA) is 157 Å². The molecule has 3 N–H and O–H groups in total. The Morgan fingerprint density at radius 2 is 2.21 bits per heavy atom. The molecule has 0 atom stereocenters. The van der Waals surface area contributed by atoms with E-state index < -0.39 is 10.8 Å². The minimum atomic E-state index is -0.483. The van der Waals surface area contributed by atoms with E-state index in [-0.39, 0.29) is 18.2 Å². The number of nitro groups is 1. The van der Waals surface area contributed by atoms with Crippen molar-refractivity contribution in [1.29, 1.82) is 0 Å². The van der Waals surface area contributed by atoms with E-state index >= 15 is 0 Å². The summed E-state index contributed by atoms with van der Waals surface area (Å²) in [7, 11) is 0. The first kappa shape index (κ1) is 19.2. The lowest BCUT2D eigenvalue weighted by Gasteiger charge is -2.31. The number of anilines is 2. The van der Waals surface area contributed by atoms with E-state index in [2.05, 4.69) is 33.0 Å². The monoisotopic (exact) mass is 387 g/mol. The minimum absolute atomic E-state index is 0.0115. The summed E-state index contributed by atoms with van der Waals surface area (Å²) in [6.45, 7) is 3.59. The van der Waals surface area contributed by atoms with Gasteiger partial charge >= 0.3 is 0 Å². The number of hydrazone groups is 1. The number of nitrogens with zero attached hydrogens (tertiary/aromatic N) is 7. The van der Waals surface area contributed by atoms with E-state index in [4.69, 9.17) is 5.73 Å². The zero-order valence-electron chi connectivity index (χ0n) is 15.4. The number of nitro benzene ring substituents is 1. The fourth-order valence-corrected chi connectivity index (χ4v) is 2.96. The molecule has 28 heavy (non-hydrogen) atoms. The van der Waals surface area contributed by atoms with E-state index in [0.29, 0.717) is 17.2 Å². The molecule has 1 amide bonds. The van der Waals surface area contributed by atoms with Gasteiger partial charge in [0.25, 0.3) is 11.6 Å². The molecule has 1 aliphatic rings. The number of piperidine rings is 1. The largest absolute Gasteiger partial charge is 0.367 e. The molecule has 12 nitrogen and oxygen atoms in total. The number of nitrogens with one attached hydrogen (secondary N) is 1. The van der Waals surface area contributed by atoms with Gasteiger partial charge in [0.2, 0.25) is 5.95 Å². The number of hydrogen-bond acceptors (Lipinski definition) is 9. The molecule has 0 bridgehead atoms. The Kier molecular flexibility index (Phi) is 5.77. The number of tetrazole rings is 1. The summed E-state index contributed by atoms with van der Waals surface area (Å²) in [6, 6.07) is 4.90. The van der Waals surface area contributed by atoms with E-state index in [9.17, 15) is 14.9 Å². The highest BCUT2D eigenvalue weighted by Crippen LogP contribution is 2.31. The van der Waals surface area contributed by atoms with Gasteiger partial charge in [-0.1, -0.05) is 18.1 Å². The van der Waals surface area contributed by atoms with Gasteiger partial charge in [0.15, 0.2) is 0 Å². The molecule has 12 heteroatoms. The second-order valence-corrected chi connectivity index (χ2v) is 6.66. The summed E-state index contributed by atoms with van der Waals surface area (Å²) in [5.41, 5.74) is 8.91. The van der Waals surface area contributed by atoms with E-state index in [0.717, 1.165) is 30.6 Å². The molecule has 2 aromatic rings. The van der Waals surface area contributed by atoms with Crippen LogP contribution in [0.4, 0.5) is 17.3 Å². The third kappa shape index (κ3) is 4.58. The van der Waals surface area contributed by atoms with Crippen LogP contribution in [0.25, 0.3) is 0 Å². The molecule has 1 aromatic carbocycles. The number of carbonyl (C=O) groups is 1. The number of nitrogens with two attached hydrogens (primary N) is 1. The van der Waals surface area contributed by atoms with Crippen LogP contribution < -0.4 is 16.1 Å². The Hall–Kier alpha value is -3.57. The molecule has 2 heterocycles. The van der Waals surface area contributed by atoms with Crippen molar-refractivity contribution in [3.8, 4) is 0 Å². The van der Waals surface area contributed by atoms with Gasteiger partial charge in [-0.05, 0) is 35.3 Å². The third-order valence-corrected chi connectivity index (χ3v) is 4.58. The molecular weight excluding hydrogens is 366 g/mol. The van der Waals surface area contributed by atoms with Crippen molar-refractivity contribution >= 4 is 29.4 Å². The van der Waals surface area contributed by atoms with Crippen LogP contribution >= 0.6 is 0 Å². The smallest absolute Gasteiger partial charge is 0.293 e. The molecule has 0 saturated carbocycles. The number of rotatable bonds is 6. The van der Waals surface area contributed by atoms with Crippen LogP contribution in [-0.4, -0.2) is 50.3 Å². The number of amides is 1. The molecule has 1 fully saturated rings. The molecule has 3 rings (SSSR count). The van der Waals surface area contributed by atoms with Gasteiger partial charge in [-0.15, -0.1) is 0 Å². The lowest BCUT2D eigenvalue weighted by molar-refractivity contribution is -0.384. The summed E-state index contributed by atoms with van der Waals surface area (Å²) < 4.78 is 1.12. The summed E-state index contributed by atoms with van der Waals surface area (Å²) in [5, 5.41) is 25.7. The lowest BCUT2D eigenvalue weighted by atomic mass is 9.98. The van der Waals surface area contributed by atoms with E-state index in [1.165, 1.54) is 12.3 Å². The molecule has 1 aromatic heterocycles. The van der Waals surface area contributed by atoms with Gasteiger partial charge < -0.3 is 10.6 Å². The molecular formula is C16H21N9O3. The van der Waals surface area contributed by atoms with Crippen LogP contribution in [0.15, 0.2) is 23.3 Å². The van der Waals surface area contributed by atoms with Crippen LogP contribution in [0.5, 0.6) is 0 Å². The molecule has 0 unspecified atom stereocenters. The van der Waals surface area contributed by atoms with Crippen molar-refractivity contribution in [2.45, 2.75) is 26.3 Å². The van der Waals surface area contributed by atoms with Crippen molar-refractivity contribution in [2.75, 3.05) is 23.7 Å². The maximum atomic E-state index is 11.8. The number of carbonyl (C=O) groups excluding carboxylic acids is 1. The number of hydrogen-bond donors (Lipinski definition) is 2. The maximum absolute atomic E-state index is 11.8. The fraction of sp³-hybridized carbons (Fsp3) is 0.438. The molecule has 0 aliphatic carbocycles. The number of aromatic nitrogens is 4. The van der Waals surface area contributed by atoms with E-state index in [1.54, 1.807) is 12.1 Å².